The van der Waals surface area contributed by atoms with Crippen LogP contribution >= 0.6 is 0 Å². The average molecular weight is 235 g/mol. The van der Waals surface area contributed by atoms with E-state index in [1.165, 1.54) is 16.7 Å². The van der Waals surface area contributed by atoms with Crippen molar-refractivity contribution < 1.29 is 0 Å². The van der Waals surface area contributed by atoms with Crippen molar-refractivity contribution in [1.29, 1.82) is 0 Å². The van der Waals surface area contributed by atoms with Gasteiger partial charge >= 0.3 is 0 Å². The van der Waals surface area contributed by atoms with Crippen LogP contribution in [0.1, 0.15) is 26.3 Å². The molecule has 2 aromatic carbocycles. The molecule has 0 amide bonds. The van der Waals surface area contributed by atoms with Crippen LogP contribution in [0.3, 0.4) is 0 Å². The highest BCUT2D eigenvalue weighted by molar-refractivity contribution is 5.70. The quantitative estimate of drug-likeness (QED) is 0.598. The molecule has 0 aliphatic rings. The third kappa shape index (κ3) is 2.43. The molecular weight excluding hydrogens is 218 g/mol. The van der Waals surface area contributed by atoms with Gasteiger partial charge in [-0.15, -0.1) is 0 Å². The molecule has 0 saturated heterocycles. The van der Waals surface area contributed by atoms with Gasteiger partial charge in [-0.25, -0.2) is 4.85 Å². The van der Waals surface area contributed by atoms with Gasteiger partial charge in [-0.2, -0.15) is 0 Å². The second-order valence-corrected chi connectivity index (χ2v) is 5.45. The van der Waals surface area contributed by atoms with Crippen molar-refractivity contribution in [2.45, 2.75) is 26.2 Å². The Balaban J connectivity index is 2.54. The molecule has 0 radical (unpaired) electrons. The molecule has 1 nitrogen and oxygen atoms in total. The lowest BCUT2D eigenvalue weighted by atomic mass is 9.82. The van der Waals surface area contributed by atoms with Gasteiger partial charge in [-0.05, 0) is 22.1 Å². The fraction of sp³-hybridized carbons (Fsp3) is 0.235. The van der Waals surface area contributed by atoms with Crippen LogP contribution in [0.15, 0.2) is 48.5 Å². The van der Waals surface area contributed by atoms with Gasteiger partial charge in [0, 0.05) is 0 Å². The fourth-order valence-electron chi connectivity index (χ4n) is 2.10. The summed E-state index contributed by atoms with van der Waals surface area (Å²) in [4.78, 5) is 3.43. The first kappa shape index (κ1) is 12.4. The van der Waals surface area contributed by atoms with E-state index in [-0.39, 0.29) is 5.41 Å². The van der Waals surface area contributed by atoms with Gasteiger partial charge in [-0.3, -0.25) is 0 Å². The number of hydrogen-bond donors (Lipinski definition) is 0. The molecule has 0 saturated carbocycles. The van der Waals surface area contributed by atoms with Gasteiger partial charge < -0.3 is 0 Å². The molecule has 18 heavy (non-hydrogen) atoms. The van der Waals surface area contributed by atoms with Crippen molar-refractivity contribution in [1.82, 2.24) is 0 Å². The summed E-state index contributed by atoms with van der Waals surface area (Å²) in [6.45, 7) is 13.7. The van der Waals surface area contributed by atoms with E-state index in [1.807, 2.05) is 24.3 Å². The fourth-order valence-corrected chi connectivity index (χ4v) is 2.10. The summed E-state index contributed by atoms with van der Waals surface area (Å²) in [6.07, 6.45) is 0. The topological polar surface area (TPSA) is 4.36 Å². The molecule has 0 heterocycles. The summed E-state index contributed by atoms with van der Waals surface area (Å²) < 4.78 is 0. The maximum absolute atomic E-state index is 6.99. The average Bonchev–Trinajstić information content (AvgIpc) is 2.38. The summed E-state index contributed by atoms with van der Waals surface area (Å²) in [7, 11) is 0. The highest BCUT2D eigenvalue weighted by Gasteiger charge is 2.17. The second-order valence-electron chi connectivity index (χ2n) is 5.45. The molecular formula is C17H17N. The van der Waals surface area contributed by atoms with Crippen LogP contribution in [-0.4, -0.2) is 0 Å². The summed E-state index contributed by atoms with van der Waals surface area (Å²) in [5, 5.41) is 0. The molecule has 0 unspecified atom stereocenters. The molecule has 0 fully saturated rings. The van der Waals surface area contributed by atoms with Gasteiger partial charge in [-0.1, -0.05) is 69.3 Å². The van der Waals surface area contributed by atoms with Crippen LogP contribution in [0.5, 0.6) is 0 Å². The van der Waals surface area contributed by atoms with Crippen molar-refractivity contribution in [3.8, 4) is 11.1 Å². The molecule has 1 heteroatoms. The van der Waals surface area contributed by atoms with E-state index < -0.39 is 0 Å². The van der Waals surface area contributed by atoms with E-state index in [9.17, 15) is 0 Å². The minimum atomic E-state index is 0.120. The standard InChI is InChI=1S/C17H17N/c1-17(2,3)16-8-6-5-7-15(16)13-9-11-14(18-4)12-10-13/h5-12H,1-3H3. The Hall–Kier alpha value is -2.07. The summed E-state index contributed by atoms with van der Waals surface area (Å²) >= 11 is 0. The minimum absolute atomic E-state index is 0.120. The van der Waals surface area contributed by atoms with E-state index in [0.29, 0.717) is 5.69 Å². The normalized spacial score (nSPS) is 11.0. The van der Waals surface area contributed by atoms with E-state index in [2.05, 4.69) is 49.9 Å². The zero-order valence-electron chi connectivity index (χ0n) is 11.1. The van der Waals surface area contributed by atoms with Crippen LogP contribution in [0, 0.1) is 6.57 Å². The smallest absolute Gasteiger partial charge is 0.187 e. The van der Waals surface area contributed by atoms with Crippen LogP contribution in [0.2, 0.25) is 0 Å². The molecule has 0 bridgehead atoms. The van der Waals surface area contributed by atoms with E-state index in [1.54, 1.807) is 0 Å². The lowest BCUT2D eigenvalue weighted by molar-refractivity contribution is 0.592. The summed E-state index contributed by atoms with van der Waals surface area (Å²) in [6, 6.07) is 16.3. The number of nitrogens with zero attached hydrogens (tertiary/aromatic N) is 1. The maximum atomic E-state index is 6.99. The Morgan fingerprint density at radius 3 is 2.06 bits per heavy atom. The van der Waals surface area contributed by atoms with Crippen LogP contribution < -0.4 is 0 Å². The lowest BCUT2D eigenvalue weighted by Crippen LogP contribution is -2.12. The molecule has 2 aromatic rings. The van der Waals surface area contributed by atoms with Crippen molar-refractivity contribution in [3.63, 3.8) is 0 Å². The van der Waals surface area contributed by atoms with Crippen LogP contribution in [0.4, 0.5) is 5.69 Å². The van der Waals surface area contributed by atoms with Crippen molar-refractivity contribution >= 4 is 5.69 Å². The number of rotatable bonds is 1. The Labute approximate surface area is 109 Å². The largest absolute Gasteiger partial charge is 0.238 e. The van der Waals surface area contributed by atoms with Crippen LogP contribution in [0.25, 0.3) is 16.0 Å². The van der Waals surface area contributed by atoms with E-state index in [0.717, 1.165) is 0 Å². The first-order valence-corrected chi connectivity index (χ1v) is 6.10. The predicted molar refractivity (Wildman–Crippen MR) is 76.8 cm³/mol. The summed E-state index contributed by atoms with van der Waals surface area (Å²) in [5.41, 5.74) is 4.57. The number of hydrogen-bond acceptors (Lipinski definition) is 0. The Morgan fingerprint density at radius 2 is 1.50 bits per heavy atom. The SMILES string of the molecule is [C-]#[N+]c1ccc(-c2ccccc2C(C)(C)C)cc1. The Kier molecular flexibility index (Phi) is 3.21. The van der Waals surface area contributed by atoms with Gasteiger partial charge in [0.15, 0.2) is 5.69 Å². The lowest BCUT2D eigenvalue weighted by Gasteiger charge is -2.23. The zero-order valence-corrected chi connectivity index (χ0v) is 11.1. The van der Waals surface area contributed by atoms with Crippen molar-refractivity contribution in [2.75, 3.05) is 0 Å². The van der Waals surface area contributed by atoms with E-state index >= 15 is 0 Å². The molecule has 0 spiro atoms. The molecule has 2 rings (SSSR count). The third-order valence-corrected chi connectivity index (χ3v) is 3.04. The molecule has 0 aliphatic carbocycles. The monoisotopic (exact) mass is 235 g/mol. The third-order valence-electron chi connectivity index (χ3n) is 3.04. The van der Waals surface area contributed by atoms with Crippen molar-refractivity contribution in [3.05, 3.63) is 65.5 Å². The predicted octanol–water partition coefficient (Wildman–Crippen LogP) is 5.20. The van der Waals surface area contributed by atoms with Crippen molar-refractivity contribution in [2.24, 2.45) is 0 Å². The molecule has 0 aliphatic heterocycles. The van der Waals surface area contributed by atoms with Gasteiger partial charge in [0.25, 0.3) is 0 Å². The van der Waals surface area contributed by atoms with Gasteiger partial charge in [0.05, 0.1) is 6.57 Å². The molecule has 0 atom stereocenters. The molecule has 0 aromatic heterocycles. The first-order chi connectivity index (χ1) is 8.52. The zero-order chi connectivity index (χ0) is 13.2. The highest BCUT2D eigenvalue weighted by Crippen LogP contribution is 2.33. The Morgan fingerprint density at radius 1 is 0.889 bits per heavy atom. The first-order valence-electron chi connectivity index (χ1n) is 6.10. The maximum Gasteiger partial charge on any atom is 0.187 e. The second kappa shape index (κ2) is 4.66. The van der Waals surface area contributed by atoms with Crippen LogP contribution in [-0.2, 0) is 5.41 Å². The van der Waals surface area contributed by atoms with Gasteiger partial charge in [0.1, 0.15) is 0 Å². The van der Waals surface area contributed by atoms with Gasteiger partial charge in [0.2, 0.25) is 0 Å². The van der Waals surface area contributed by atoms with E-state index in [4.69, 9.17) is 6.57 Å². The molecule has 0 N–H and O–H groups in total. The Bertz CT molecular complexity index is 580. The summed E-state index contributed by atoms with van der Waals surface area (Å²) in [5.74, 6) is 0. The highest BCUT2D eigenvalue weighted by atomic mass is 14.6. The minimum Gasteiger partial charge on any atom is -0.238 e. The number of benzene rings is 2. The molecule has 90 valence electrons.